The summed E-state index contributed by atoms with van der Waals surface area (Å²) in [5, 5.41) is 16.1. The lowest BCUT2D eigenvalue weighted by Gasteiger charge is -2.35. The van der Waals surface area contributed by atoms with Crippen LogP contribution in [0.15, 0.2) is 23.3 Å². The molecule has 0 heterocycles. The monoisotopic (exact) mass is 291 g/mol. The van der Waals surface area contributed by atoms with Crippen molar-refractivity contribution in [2.75, 3.05) is 0 Å². The van der Waals surface area contributed by atoms with E-state index >= 15 is 0 Å². The van der Waals surface area contributed by atoms with Gasteiger partial charge >= 0.3 is 0 Å². The normalized spacial score (nSPS) is 22.9. The van der Waals surface area contributed by atoms with Gasteiger partial charge in [0, 0.05) is 19.7 Å². The van der Waals surface area contributed by atoms with Crippen molar-refractivity contribution < 1.29 is 5.11 Å². The Balaban J connectivity index is 2.16. The molecule has 0 amide bonds. The molecule has 2 N–H and O–H groups in total. The Bertz CT molecular complexity index is 450. The molecule has 1 saturated carbocycles. The van der Waals surface area contributed by atoms with Crippen LogP contribution < -0.4 is 5.32 Å². The van der Waals surface area contributed by atoms with Gasteiger partial charge in [-0.05, 0) is 38.7 Å². The predicted molar refractivity (Wildman–Crippen MR) is 89.6 cm³/mol. The summed E-state index contributed by atoms with van der Waals surface area (Å²) in [6, 6.07) is 0.571. The summed E-state index contributed by atoms with van der Waals surface area (Å²) >= 11 is 0. The average molecular weight is 292 g/mol. The van der Waals surface area contributed by atoms with E-state index in [-0.39, 0.29) is 0 Å². The number of aliphatic hydroxyl groups is 1. The molecule has 1 unspecified atom stereocenters. The summed E-state index contributed by atoms with van der Waals surface area (Å²) in [5.41, 5.74) is 1.64. The van der Waals surface area contributed by atoms with Crippen LogP contribution in [-0.4, -0.2) is 30.5 Å². The van der Waals surface area contributed by atoms with Crippen LogP contribution in [-0.2, 0) is 0 Å². The minimum atomic E-state index is -0.788. The molecule has 0 bridgehead atoms. The lowest BCUT2D eigenvalue weighted by molar-refractivity contribution is 0.165. The Kier molecular flexibility index (Phi) is 5.03. The van der Waals surface area contributed by atoms with E-state index in [4.69, 9.17) is 0 Å². The maximum Gasteiger partial charge on any atom is 0.118 e. The van der Waals surface area contributed by atoms with Crippen molar-refractivity contribution in [3.63, 3.8) is 0 Å². The maximum absolute atomic E-state index is 11.1. The molecule has 0 aromatic carbocycles. The zero-order valence-corrected chi connectivity index (χ0v) is 14.4. The van der Waals surface area contributed by atoms with Crippen molar-refractivity contribution >= 4 is 13.7 Å². The highest BCUT2D eigenvalue weighted by Crippen LogP contribution is 2.29. The van der Waals surface area contributed by atoms with Gasteiger partial charge in [0.25, 0.3) is 0 Å². The number of nitrogens with one attached hydrogen (secondary N) is 1. The predicted octanol–water partition coefficient (Wildman–Crippen LogP) is 3.40. The molecule has 20 heavy (non-hydrogen) atoms. The molecule has 1 fully saturated rings. The first-order valence-corrected chi connectivity index (χ1v) is 10.5. The second-order valence-corrected chi connectivity index (χ2v) is 9.25. The maximum atomic E-state index is 11.1. The average Bonchev–Trinajstić information content (AvgIpc) is 2.84. The van der Waals surface area contributed by atoms with Crippen LogP contribution in [0.25, 0.3) is 0 Å². The van der Waals surface area contributed by atoms with E-state index in [2.05, 4.69) is 37.5 Å². The zero-order valence-electron chi connectivity index (χ0n) is 13.4. The van der Waals surface area contributed by atoms with Crippen molar-refractivity contribution in [1.82, 2.24) is 5.32 Å². The molecule has 0 aromatic heterocycles. The molecular formula is C17H29NOSi. The Hall–Kier alpha value is -0.673. The highest BCUT2D eigenvalue weighted by atomic mass is 28.2. The summed E-state index contributed by atoms with van der Waals surface area (Å²) in [6.45, 7) is 8.65. The first-order valence-electron chi connectivity index (χ1n) is 7.96. The first-order chi connectivity index (χ1) is 9.41. The molecule has 2 aliphatic carbocycles. The summed E-state index contributed by atoms with van der Waals surface area (Å²) in [6.07, 6.45) is 11.8. The smallest absolute Gasteiger partial charge is 0.118 e. The van der Waals surface area contributed by atoms with E-state index in [1.165, 1.54) is 43.0 Å². The van der Waals surface area contributed by atoms with Crippen molar-refractivity contribution in [3.8, 4) is 0 Å². The van der Waals surface area contributed by atoms with Gasteiger partial charge in [-0.25, -0.2) is 0 Å². The molecule has 3 heteroatoms. The lowest BCUT2D eigenvalue weighted by Crippen LogP contribution is -2.53. The first kappa shape index (κ1) is 15.7. The fourth-order valence-corrected chi connectivity index (χ4v) is 5.01. The van der Waals surface area contributed by atoms with Crippen molar-refractivity contribution in [1.29, 1.82) is 0 Å². The summed E-state index contributed by atoms with van der Waals surface area (Å²) in [5.74, 6) is 0. The van der Waals surface area contributed by atoms with Crippen molar-refractivity contribution in [2.24, 2.45) is 0 Å². The van der Waals surface area contributed by atoms with E-state index in [1.54, 1.807) is 0 Å². The van der Waals surface area contributed by atoms with Gasteiger partial charge in [-0.2, -0.15) is 0 Å². The summed E-state index contributed by atoms with van der Waals surface area (Å²) < 4.78 is 0. The van der Waals surface area contributed by atoms with E-state index in [1.807, 2.05) is 6.92 Å². The summed E-state index contributed by atoms with van der Waals surface area (Å²) in [4.78, 5) is 0. The van der Waals surface area contributed by atoms with Gasteiger partial charge in [-0.1, -0.05) is 50.1 Å². The van der Waals surface area contributed by atoms with Crippen LogP contribution in [0.2, 0.25) is 13.1 Å². The molecule has 0 aromatic rings. The van der Waals surface area contributed by atoms with Gasteiger partial charge in [-0.3, -0.25) is 0 Å². The van der Waals surface area contributed by atoms with Crippen LogP contribution in [0.4, 0.5) is 0 Å². The van der Waals surface area contributed by atoms with Gasteiger partial charge in [0.05, 0.1) is 0 Å². The highest BCUT2D eigenvalue weighted by molar-refractivity contribution is 6.70. The fraction of sp³-hybridized carbons (Fsp3) is 0.706. The molecule has 2 aliphatic rings. The van der Waals surface area contributed by atoms with Gasteiger partial charge in [0.1, 0.15) is 5.60 Å². The molecule has 0 radical (unpaired) electrons. The molecule has 2 nitrogen and oxygen atoms in total. The largest absolute Gasteiger partial charge is 0.387 e. The Morgan fingerprint density at radius 2 is 1.95 bits per heavy atom. The van der Waals surface area contributed by atoms with E-state index < -0.39 is 14.0 Å². The third-order valence-corrected chi connectivity index (χ3v) is 6.24. The van der Waals surface area contributed by atoms with Crippen molar-refractivity contribution in [2.45, 2.75) is 77.1 Å². The lowest BCUT2D eigenvalue weighted by atomic mass is 9.91. The van der Waals surface area contributed by atoms with Crippen LogP contribution in [0.3, 0.4) is 0 Å². The topological polar surface area (TPSA) is 32.3 Å². The standard InChI is InChI=1S/C17H29NOSi/c1-13-10-11-14(12-13)17(2,19)16(20(3)4)18-15-8-6-5-7-9-15/h10,12,15,18-19H,5-9,11H2,1-4H3. The number of hydrogen-bond acceptors (Lipinski definition) is 2. The zero-order chi connectivity index (χ0) is 14.8. The Morgan fingerprint density at radius 1 is 1.30 bits per heavy atom. The molecule has 1 atom stereocenters. The number of hydrogen-bond donors (Lipinski definition) is 2. The van der Waals surface area contributed by atoms with E-state index in [0.717, 1.165) is 12.0 Å². The highest BCUT2D eigenvalue weighted by Gasteiger charge is 2.33. The Morgan fingerprint density at radius 3 is 2.45 bits per heavy atom. The second kappa shape index (κ2) is 6.40. The summed E-state index contributed by atoms with van der Waals surface area (Å²) in [7, 11) is -0.691. The van der Waals surface area contributed by atoms with Gasteiger partial charge in [-0.15, -0.1) is 0 Å². The SMILES string of the molecule is CC1=CCC(C(C)(O)C(NC2CCCCC2)=[Si](C)C)=C1. The third kappa shape index (κ3) is 3.50. The second-order valence-electron chi connectivity index (χ2n) is 6.75. The van der Waals surface area contributed by atoms with Gasteiger partial charge in [0.15, 0.2) is 0 Å². The molecule has 0 spiro atoms. The minimum absolute atomic E-state index is 0.571. The number of allylic oxidation sites excluding steroid dienone is 3. The molecule has 0 aliphatic heterocycles. The van der Waals surface area contributed by atoms with Gasteiger partial charge in [0.2, 0.25) is 0 Å². The number of rotatable bonds is 4. The fourth-order valence-electron chi connectivity index (χ4n) is 3.39. The van der Waals surface area contributed by atoms with E-state index in [0.29, 0.717) is 6.04 Å². The minimum Gasteiger partial charge on any atom is -0.387 e. The molecule has 112 valence electrons. The van der Waals surface area contributed by atoms with Crippen molar-refractivity contribution in [3.05, 3.63) is 23.3 Å². The molecule has 0 saturated heterocycles. The van der Waals surface area contributed by atoms with E-state index in [9.17, 15) is 5.11 Å². The van der Waals surface area contributed by atoms with Crippen LogP contribution in [0.1, 0.15) is 52.4 Å². The van der Waals surface area contributed by atoms with Gasteiger partial charge < -0.3 is 10.4 Å². The van der Waals surface area contributed by atoms with Crippen LogP contribution in [0.5, 0.6) is 0 Å². The van der Waals surface area contributed by atoms with Crippen LogP contribution in [0, 0.1) is 0 Å². The Labute approximate surface area is 125 Å². The quantitative estimate of drug-likeness (QED) is 0.778. The third-order valence-electron chi connectivity index (χ3n) is 4.61. The van der Waals surface area contributed by atoms with Crippen LogP contribution >= 0.6 is 0 Å². The molecular weight excluding hydrogens is 262 g/mol. The molecule has 2 rings (SSSR count).